The van der Waals surface area contributed by atoms with E-state index in [-0.39, 0.29) is 12.0 Å². The predicted molar refractivity (Wildman–Crippen MR) is 45.7 cm³/mol. The van der Waals surface area contributed by atoms with Gasteiger partial charge in [-0.1, -0.05) is 12.8 Å². The summed E-state index contributed by atoms with van der Waals surface area (Å²) in [6.07, 6.45) is 5.72. The van der Waals surface area contributed by atoms with E-state index in [4.69, 9.17) is 0 Å². The largest absolute Gasteiger partial charge is 0.392 e. The molecule has 2 aliphatic rings. The number of rotatable bonds is 0. The zero-order chi connectivity index (χ0) is 8.55. The first kappa shape index (κ1) is 8.24. The second-order valence-electron chi connectivity index (χ2n) is 4.14. The number of aliphatic hydroxyl groups excluding tert-OH is 1. The quantitative estimate of drug-likeness (QED) is 0.595. The summed E-state index contributed by atoms with van der Waals surface area (Å²) < 4.78 is 0. The highest BCUT2D eigenvalue weighted by Crippen LogP contribution is 2.38. The molecule has 68 valence electrons. The number of aliphatic hydroxyl groups is 1. The Morgan fingerprint density at radius 1 is 1.17 bits per heavy atom. The minimum Gasteiger partial charge on any atom is -0.392 e. The second-order valence-corrected chi connectivity index (χ2v) is 4.14. The van der Waals surface area contributed by atoms with Crippen molar-refractivity contribution in [2.45, 2.75) is 44.6 Å². The van der Waals surface area contributed by atoms with Crippen molar-refractivity contribution in [3.05, 3.63) is 0 Å². The van der Waals surface area contributed by atoms with Gasteiger partial charge < -0.3 is 5.11 Å². The Kier molecular flexibility index (Phi) is 2.18. The average molecular weight is 168 g/mol. The number of carbonyl (C=O) groups is 1. The third kappa shape index (κ3) is 1.28. The first-order chi connectivity index (χ1) is 5.79. The zero-order valence-electron chi connectivity index (χ0n) is 7.33. The fraction of sp³-hybridized carbons (Fsp3) is 0.900. The molecule has 3 atom stereocenters. The molecule has 0 spiro atoms. The summed E-state index contributed by atoms with van der Waals surface area (Å²) >= 11 is 0. The molecule has 0 bridgehead atoms. The van der Waals surface area contributed by atoms with Crippen molar-refractivity contribution in [1.29, 1.82) is 0 Å². The molecule has 0 heterocycles. The standard InChI is InChI=1S/C10H16O2/c11-8-4-2-1-3-7-5-6-9(12)10(7)8/h7-8,10-11H,1-6H2. The van der Waals surface area contributed by atoms with Crippen LogP contribution >= 0.6 is 0 Å². The third-order valence-electron chi connectivity index (χ3n) is 3.38. The van der Waals surface area contributed by atoms with Crippen LogP contribution in [0.2, 0.25) is 0 Å². The molecule has 0 aromatic rings. The first-order valence-electron chi connectivity index (χ1n) is 5.00. The number of carbonyl (C=O) groups excluding carboxylic acids is 1. The summed E-state index contributed by atoms with van der Waals surface area (Å²) in [5.74, 6) is 0.830. The van der Waals surface area contributed by atoms with E-state index in [0.717, 1.165) is 25.7 Å². The fourth-order valence-corrected chi connectivity index (χ4v) is 2.73. The molecule has 12 heavy (non-hydrogen) atoms. The van der Waals surface area contributed by atoms with Gasteiger partial charge in [0.2, 0.25) is 0 Å². The van der Waals surface area contributed by atoms with E-state index in [9.17, 15) is 9.90 Å². The van der Waals surface area contributed by atoms with E-state index in [2.05, 4.69) is 0 Å². The maximum Gasteiger partial charge on any atom is 0.138 e. The maximum absolute atomic E-state index is 11.4. The Labute approximate surface area is 73.0 Å². The molecule has 0 aromatic carbocycles. The molecule has 0 radical (unpaired) electrons. The van der Waals surface area contributed by atoms with Crippen molar-refractivity contribution in [3.8, 4) is 0 Å². The molecule has 2 fully saturated rings. The molecule has 0 aromatic heterocycles. The van der Waals surface area contributed by atoms with Crippen molar-refractivity contribution in [2.24, 2.45) is 11.8 Å². The molecule has 2 rings (SSSR count). The normalized spacial score (nSPS) is 42.4. The number of hydrogen-bond donors (Lipinski definition) is 1. The van der Waals surface area contributed by atoms with Crippen LogP contribution in [0.3, 0.4) is 0 Å². The van der Waals surface area contributed by atoms with Crippen molar-refractivity contribution in [2.75, 3.05) is 0 Å². The van der Waals surface area contributed by atoms with E-state index in [1.165, 1.54) is 6.42 Å². The fourth-order valence-electron chi connectivity index (χ4n) is 2.73. The van der Waals surface area contributed by atoms with Gasteiger partial charge in [-0.25, -0.2) is 0 Å². The first-order valence-corrected chi connectivity index (χ1v) is 5.00. The number of hydrogen-bond acceptors (Lipinski definition) is 2. The minimum absolute atomic E-state index is 0.00694. The summed E-state index contributed by atoms with van der Waals surface area (Å²) in [7, 11) is 0. The van der Waals surface area contributed by atoms with Gasteiger partial charge in [0.05, 0.1) is 6.10 Å². The van der Waals surface area contributed by atoms with Crippen molar-refractivity contribution < 1.29 is 9.90 Å². The highest BCUT2D eigenvalue weighted by atomic mass is 16.3. The molecule has 0 aliphatic heterocycles. The number of ketones is 1. The van der Waals surface area contributed by atoms with E-state index < -0.39 is 0 Å². The highest BCUT2D eigenvalue weighted by Gasteiger charge is 2.39. The molecule has 2 heteroatoms. The third-order valence-corrected chi connectivity index (χ3v) is 3.38. The lowest BCUT2D eigenvalue weighted by atomic mass is 9.89. The Bertz CT molecular complexity index is 188. The molecular formula is C10H16O2. The molecule has 2 aliphatic carbocycles. The van der Waals surface area contributed by atoms with Gasteiger partial charge >= 0.3 is 0 Å². The van der Waals surface area contributed by atoms with Gasteiger partial charge in [0.25, 0.3) is 0 Å². The van der Waals surface area contributed by atoms with Gasteiger partial charge in [-0.3, -0.25) is 4.79 Å². The van der Waals surface area contributed by atoms with E-state index in [1.54, 1.807) is 0 Å². The molecule has 1 N–H and O–H groups in total. The van der Waals surface area contributed by atoms with Crippen LogP contribution in [-0.4, -0.2) is 17.0 Å². The van der Waals surface area contributed by atoms with E-state index >= 15 is 0 Å². The summed E-state index contributed by atoms with van der Waals surface area (Å²) in [5.41, 5.74) is 0. The van der Waals surface area contributed by atoms with Crippen molar-refractivity contribution in [3.63, 3.8) is 0 Å². The summed E-state index contributed by atoms with van der Waals surface area (Å²) in [6, 6.07) is 0. The van der Waals surface area contributed by atoms with Gasteiger partial charge in [0, 0.05) is 12.3 Å². The zero-order valence-corrected chi connectivity index (χ0v) is 7.33. The predicted octanol–water partition coefficient (Wildman–Crippen LogP) is 1.52. The van der Waals surface area contributed by atoms with Crippen LogP contribution in [0, 0.1) is 11.8 Å². The Morgan fingerprint density at radius 3 is 2.75 bits per heavy atom. The van der Waals surface area contributed by atoms with E-state index in [1.807, 2.05) is 0 Å². The minimum atomic E-state index is -0.326. The van der Waals surface area contributed by atoms with Crippen LogP contribution in [0.4, 0.5) is 0 Å². The van der Waals surface area contributed by atoms with Crippen LogP contribution in [-0.2, 0) is 4.79 Å². The number of fused-ring (bicyclic) bond motifs is 1. The van der Waals surface area contributed by atoms with Gasteiger partial charge in [0.15, 0.2) is 0 Å². The van der Waals surface area contributed by atoms with Crippen LogP contribution in [0.15, 0.2) is 0 Å². The lowest BCUT2D eigenvalue weighted by Gasteiger charge is -2.19. The topological polar surface area (TPSA) is 37.3 Å². The lowest BCUT2D eigenvalue weighted by molar-refractivity contribution is -0.124. The van der Waals surface area contributed by atoms with Gasteiger partial charge in [-0.2, -0.15) is 0 Å². The number of Topliss-reactive ketones (excluding diaryl/α,β-unsaturated/α-hetero) is 1. The summed E-state index contributed by atoms with van der Waals surface area (Å²) in [4.78, 5) is 11.4. The molecule has 3 unspecified atom stereocenters. The molecular weight excluding hydrogens is 152 g/mol. The molecule has 2 saturated carbocycles. The lowest BCUT2D eigenvalue weighted by Crippen LogP contribution is -2.27. The van der Waals surface area contributed by atoms with Crippen LogP contribution in [0.1, 0.15) is 38.5 Å². The highest BCUT2D eigenvalue weighted by molar-refractivity contribution is 5.84. The average Bonchev–Trinajstić information content (AvgIpc) is 2.29. The monoisotopic (exact) mass is 168 g/mol. The smallest absolute Gasteiger partial charge is 0.138 e. The Balaban J connectivity index is 2.14. The summed E-state index contributed by atoms with van der Waals surface area (Å²) in [5, 5.41) is 9.71. The Morgan fingerprint density at radius 2 is 1.92 bits per heavy atom. The van der Waals surface area contributed by atoms with Gasteiger partial charge in [-0.05, 0) is 25.2 Å². The van der Waals surface area contributed by atoms with Gasteiger partial charge in [-0.15, -0.1) is 0 Å². The van der Waals surface area contributed by atoms with Crippen LogP contribution in [0.5, 0.6) is 0 Å². The molecule has 2 nitrogen and oxygen atoms in total. The molecule has 0 amide bonds. The van der Waals surface area contributed by atoms with Crippen LogP contribution in [0.25, 0.3) is 0 Å². The maximum atomic E-state index is 11.4. The van der Waals surface area contributed by atoms with Gasteiger partial charge in [0.1, 0.15) is 5.78 Å². The molecule has 0 saturated heterocycles. The van der Waals surface area contributed by atoms with Crippen molar-refractivity contribution in [1.82, 2.24) is 0 Å². The van der Waals surface area contributed by atoms with Crippen LogP contribution < -0.4 is 0 Å². The second kappa shape index (κ2) is 3.17. The van der Waals surface area contributed by atoms with E-state index in [0.29, 0.717) is 18.1 Å². The Hall–Kier alpha value is -0.370. The SMILES string of the molecule is O=C1CCC2CCCCC(O)C12. The van der Waals surface area contributed by atoms with Crippen molar-refractivity contribution >= 4 is 5.78 Å². The summed E-state index contributed by atoms with van der Waals surface area (Å²) in [6.45, 7) is 0.